The second-order valence-electron chi connectivity index (χ2n) is 6.74. The van der Waals surface area contributed by atoms with E-state index < -0.39 is 0 Å². The Bertz CT molecular complexity index is 696. The Hall–Kier alpha value is -2.28. The van der Waals surface area contributed by atoms with Gasteiger partial charge in [0, 0.05) is 44.3 Å². The molecule has 2 aliphatic heterocycles. The number of hydrogen-bond acceptors (Lipinski definition) is 7. The minimum Gasteiger partial charge on any atom is -0.458 e. The van der Waals surface area contributed by atoms with Crippen LogP contribution in [-0.2, 0) is 11.2 Å². The Morgan fingerprint density at radius 3 is 2.80 bits per heavy atom. The fourth-order valence-corrected chi connectivity index (χ4v) is 3.62. The van der Waals surface area contributed by atoms with Crippen molar-refractivity contribution < 1.29 is 9.47 Å². The van der Waals surface area contributed by atoms with Crippen molar-refractivity contribution in [2.75, 3.05) is 24.6 Å². The van der Waals surface area contributed by atoms with Crippen LogP contribution in [0.2, 0.25) is 0 Å². The minimum atomic E-state index is -0.190. The second kappa shape index (κ2) is 6.92. The van der Waals surface area contributed by atoms with Gasteiger partial charge in [-0.1, -0.05) is 6.92 Å². The molecule has 132 valence electrons. The summed E-state index contributed by atoms with van der Waals surface area (Å²) in [6.07, 6.45) is 11.1. The first kappa shape index (κ1) is 16.2. The van der Waals surface area contributed by atoms with E-state index in [1.54, 1.807) is 18.5 Å². The minimum absolute atomic E-state index is 0.00858. The summed E-state index contributed by atoms with van der Waals surface area (Å²) in [6, 6.07) is 2.20. The summed E-state index contributed by atoms with van der Waals surface area (Å²) in [5, 5.41) is 0. The molecule has 1 spiro atoms. The van der Waals surface area contributed by atoms with Gasteiger partial charge >= 0.3 is 6.01 Å². The largest absolute Gasteiger partial charge is 0.458 e. The highest BCUT2D eigenvalue weighted by Crippen LogP contribution is 2.36. The Kier molecular flexibility index (Phi) is 4.48. The normalized spacial score (nSPS) is 26.1. The number of piperidine rings is 1. The predicted molar refractivity (Wildman–Crippen MR) is 92.6 cm³/mol. The molecule has 0 radical (unpaired) electrons. The standard InChI is InChI=1S/C18H23N5O2/c1-2-14-10-21-16(22-11-14)23-8-3-5-18(13-23)9-15(12-24-18)25-17-19-6-4-7-20-17/h4,6-7,10-11,15H,2-3,5,8-9,12-13H2,1H3/t15-,18+/m0/s1. The van der Waals surface area contributed by atoms with E-state index >= 15 is 0 Å². The summed E-state index contributed by atoms with van der Waals surface area (Å²) in [4.78, 5) is 19.5. The first-order chi connectivity index (χ1) is 12.3. The first-order valence-electron chi connectivity index (χ1n) is 8.90. The van der Waals surface area contributed by atoms with Crippen LogP contribution in [0.4, 0.5) is 5.95 Å². The molecule has 0 aliphatic carbocycles. The van der Waals surface area contributed by atoms with E-state index in [0.29, 0.717) is 12.6 Å². The van der Waals surface area contributed by atoms with Crippen LogP contribution in [0.1, 0.15) is 31.7 Å². The maximum atomic E-state index is 6.19. The van der Waals surface area contributed by atoms with Gasteiger partial charge in [-0.05, 0) is 30.9 Å². The molecule has 2 fully saturated rings. The van der Waals surface area contributed by atoms with Crippen molar-refractivity contribution in [3.63, 3.8) is 0 Å². The molecule has 0 aromatic carbocycles. The summed E-state index contributed by atoms with van der Waals surface area (Å²) in [5.41, 5.74) is 0.966. The summed E-state index contributed by atoms with van der Waals surface area (Å²) >= 11 is 0. The molecule has 2 aromatic heterocycles. The maximum absolute atomic E-state index is 6.19. The van der Waals surface area contributed by atoms with E-state index in [-0.39, 0.29) is 11.7 Å². The van der Waals surface area contributed by atoms with Gasteiger partial charge in [0.15, 0.2) is 0 Å². The van der Waals surface area contributed by atoms with Gasteiger partial charge in [0.05, 0.1) is 12.2 Å². The maximum Gasteiger partial charge on any atom is 0.316 e. The molecule has 0 bridgehead atoms. The molecular formula is C18H23N5O2. The van der Waals surface area contributed by atoms with Crippen molar-refractivity contribution in [3.05, 3.63) is 36.4 Å². The first-order valence-corrected chi connectivity index (χ1v) is 8.90. The van der Waals surface area contributed by atoms with Crippen molar-refractivity contribution in [1.82, 2.24) is 19.9 Å². The topological polar surface area (TPSA) is 73.3 Å². The Balaban J connectivity index is 1.42. The van der Waals surface area contributed by atoms with E-state index in [2.05, 4.69) is 31.8 Å². The number of rotatable bonds is 4. The number of ether oxygens (including phenoxy) is 2. The van der Waals surface area contributed by atoms with Crippen LogP contribution in [0.25, 0.3) is 0 Å². The van der Waals surface area contributed by atoms with E-state index in [1.807, 2.05) is 12.4 Å². The molecule has 2 atom stereocenters. The van der Waals surface area contributed by atoms with Gasteiger partial charge in [-0.15, -0.1) is 0 Å². The molecule has 0 saturated carbocycles. The molecule has 4 rings (SSSR count). The van der Waals surface area contributed by atoms with Crippen LogP contribution >= 0.6 is 0 Å². The Labute approximate surface area is 147 Å². The van der Waals surface area contributed by atoms with Gasteiger partial charge in [-0.2, -0.15) is 0 Å². The van der Waals surface area contributed by atoms with E-state index in [9.17, 15) is 0 Å². The van der Waals surface area contributed by atoms with E-state index in [4.69, 9.17) is 9.47 Å². The molecule has 2 aromatic rings. The highest BCUT2D eigenvalue weighted by atomic mass is 16.6. The predicted octanol–water partition coefficient (Wildman–Crippen LogP) is 2.04. The molecule has 0 amide bonds. The number of nitrogens with zero attached hydrogens (tertiary/aromatic N) is 5. The third-order valence-electron chi connectivity index (χ3n) is 4.91. The van der Waals surface area contributed by atoms with Crippen molar-refractivity contribution in [2.45, 2.75) is 44.3 Å². The third kappa shape index (κ3) is 3.56. The zero-order valence-electron chi connectivity index (χ0n) is 14.5. The number of hydrogen-bond donors (Lipinski definition) is 0. The summed E-state index contributed by atoms with van der Waals surface area (Å²) < 4.78 is 12.1. The van der Waals surface area contributed by atoms with E-state index in [1.165, 1.54) is 0 Å². The highest BCUT2D eigenvalue weighted by molar-refractivity contribution is 5.32. The van der Waals surface area contributed by atoms with Gasteiger partial charge < -0.3 is 14.4 Å². The second-order valence-corrected chi connectivity index (χ2v) is 6.74. The average molecular weight is 341 g/mol. The molecule has 7 nitrogen and oxygen atoms in total. The van der Waals surface area contributed by atoms with Crippen LogP contribution in [0, 0.1) is 0 Å². The molecule has 4 heterocycles. The zero-order valence-corrected chi connectivity index (χ0v) is 14.5. The number of aromatic nitrogens is 4. The van der Waals surface area contributed by atoms with Crippen LogP contribution in [-0.4, -0.2) is 51.3 Å². The Morgan fingerprint density at radius 1 is 1.24 bits per heavy atom. The lowest BCUT2D eigenvalue weighted by atomic mass is 9.89. The number of aryl methyl sites for hydroxylation is 1. The third-order valence-corrected chi connectivity index (χ3v) is 4.91. The lowest BCUT2D eigenvalue weighted by Gasteiger charge is -2.39. The van der Waals surface area contributed by atoms with Crippen molar-refractivity contribution in [3.8, 4) is 6.01 Å². The molecule has 7 heteroatoms. The molecule has 0 N–H and O–H groups in total. The summed E-state index contributed by atoms with van der Waals surface area (Å²) in [6.45, 7) is 4.44. The van der Waals surface area contributed by atoms with Gasteiger partial charge in [0.2, 0.25) is 5.95 Å². The van der Waals surface area contributed by atoms with Crippen LogP contribution in [0.3, 0.4) is 0 Å². The fourth-order valence-electron chi connectivity index (χ4n) is 3.62. The van der Waals surface area contributed by atoms with Crippen molar-refractivity contribution in [1.29, 1.82) is 0 Å². The van der Waals surface area contributed by atoms with E-state index in [0.717, 1.165) is 50.3 Å². The van der Waals surface area contributed by atoms with Gasteiger partial charge in [-0.3, -0.25) is 0 Å². The van der Waals surface area contributed by atoms with Gasteiger partial charge in [0.25, 0.3) is 0 Å². The molecule has 0 unspecified atom stereocenters. The highest BCUT2D eigenvalue weighted by Gasteiger charge is 2.45. The SMILES string of the molecule is CCc1cnc(N2CCC[C@@]3(C[C@H](Oc4ncccn4)CO3)C2)nc1. The lowest BCUT2D eigenvalue weighted by Crippen LogP contribution is -2.48. The molecule has 25 heavy (non-hydrogen) atoms. The van der Waals surface area contributed by atoms with Gasteiger partial charge in [-0.25, -0.2) is 19.9 Å². The van der Waals surface area contributed by atoms with Crippen LogP contribution < -0.4 is 9.64 Å². The fraction of sp³-hybridized carbons (Fsp3) is 0.556. The zero-order chi connectivity index (χ0) is 17.1. The smallest absolute Gasteiger partial charge is 0.316 e. The molecular weight excluding hydrogens is 318 g/mol. The average Bonchev–Trinajstić information content (AvgIpc) is 3.04. The van der Waals surface area contributed by atoms with Crippen molar-refractivity contribution >= 4 is 5.95 Å². The molecule has 2 aliphatic rings. The summed E-state index contributed by atoms with van der Waals surface area (Å²) in [7, 11) is 0. The quantitative estimate of drug-likeness (QED) is 0.842. The van der Waals surface area contributed by atoms with Gasteiger partial charge in [0.1, 0.15) is 6.10 Å². The molecule has 2 saturated heterocycles. The van der Waals surface area contributed by atoms with Crippen LogP contribution in [0.5, 0.6) is 6.01 Å². The van der Waals surface area contributed by atoms with Crippen molar-refractivity contribution in [2.24, 2.45) is 0 Å². The van der Waals surface area contributed by atoms with Crippen LogP contribution in [0.15, 0.2) is 30.9 Å². The summed E-state index contributed by atoms with van der Waals surface area (Å²) in [5.74, 6) is 0.788. The lowest BCUT2D eigenvalue weighted by molar-refractivity contribution is -0.00859. The number of anilines is 1. The monoisotopic (exact) mass is 341 g/mol. The Morgan fingerprint density at radius 2 is 2.04 bits per heavy atom.